The summed E-state index contributed by atoms with van der Waals surface area (Å²) >= 11 is 0. The van der Waals surface area contributed by atoms with Gasteiger partial charge < -0.3 is 9.73 Å². The fourth-order valence-corrected chi connectivity index (χ4v) is 2.98. The third-order valence-electron chi connectivity index (χ3n) is 4.42. The standard InChI is InChI=1S/C19H26N4O/c1-12(2)18(20-10-15-11-23(13(3)4)22-21-15)19-14(5)16-8-6-7-9-17(16)24-19/h6-9,11-13,18,20H,10H2,1-5H3. The van der Waals surface area contributed by atoms with Gasteiger partial charge in [0.1, 0.15) is 11.3 Å². The van der Waals surface area contributed by atoms with Gasteiger partial charge in [0, 0.05) is 18.0 Å². The summed E-state index contributed by atoms with van der Waals surface area (Å²) in [7, 11) is 0. The van der Waals surface area contributed by atoms with Crippen LogP contribution in [0.15, 0.2) is 34.9 Å². The van der Waals surface area contributed by atoms with Crippen molar-refractivity contribution in [1.82, 2.24) is 20.3 Å². The molecule has 0 fully saturated rings. The molecule has 0 aliphatic rings. The number of hydrogen-bond donors (Lipinski definition) is 1. The zero-order chi connectivity index (χ0) is 17.3. The van der Waals surface area contributed by atoms with E-state index >= 15 is 0 Å². The fourth-order valence-electron chi connectivity index (χ4n) is 2.98. The quantitative estimate of drug-likeness (QED) is 0.729. The summed E-state index contributed by atoms with van der Waals surface area (Å²) in [4.78, 5) is 0. The summed E-state index contributed by atoms with van der Waals surface area (Å²) in [6, 6.07) is 8.67. The second-order valence-electron chi connectivity index (χ2n) is 6.97. The molecular formula is C19H26N4O. The third kappa shape index (κ3) is 3.22. The Balaban J connectivity index is 1.82. The molecule has 0 saturated heterocycles. The molecule has 128 valence electrons. The van der Waals surface area contributed by atoms with E-state index < -0.39 is 0 Å². The number of rotatable bonds is 6. The molecule has 3 rings (SSSR count). The first-order valence-corrected chi connectivity index (χ1v) is 8.59. The monoisotopic (exact) mass is 326 g/mol. The van der Waals surface area contributed by atoms with E-state index in [0.29, 0.717) is 18.5 Å². The highest BCUT2D eigenvalue weighted by molar-refractivity contribution is 5.82. The Bertz CT molecular complexity index is 816. The number of para-hydroxylation sites is 1. The van der Waals surface area contributed by atoms with Crippen LogP contribution in [0, 0.1) is 12.8 Å². The summed E-state index contributed by atoms with van der Waals surface area (Å²) in [5.41, 5.74) is 3.11. The van der Waals surface area contributed by atoms with Gasteiger partial charge in [0.05, 0.1) is 17.9 Å². The van der Waals surface area contributed by atoms with Crippen molar-refractivity contribution in [2.24, 2.45) is 5.92 Å². The highest BCUT2D eigenvalue weighted by atomic mass is 16.3. The van der Waals surface area contributed by atoms with Crippen LogP contribution in [-0.4, -0.2) is 15.0 Å². The van der Waals surface area contributed by atoms with Crippen molar-refractivity contribution in [3.63, 3.8) is 0 Å². The molecule has 0 saturated carbocycles. The van der Waals surface area contributed by atoms with Crippen molar-refractivity contribution < 1.29 is 4.42 Å². The van der Waals surface area contributed by atoms with Gasteiger partial charge in [0.2, 0.25) is 0 Å². The molecule has 0 bridgehead atoms. The summed E-state index contributed by atoms with van der Waals surface area (Å²) in [6.45, 7) is 11.4. The first kappa shape index (κ1) is 16.7. The van der Waals surface area contributed by atoms with Crippen molar-refractivity contribution in [2.75, 3.05) is 0 Å². The summed E-state index contributed by atoms with van der Waals surface area (Å²) in [5.74, 6) is 1.42. The second kappa shape index (κ2) is 6.77. The largest absolute Gasteiger partial charge is 0.459 e. The Morgan fingerprint density at radius 3 is 2.54 bits per heavy atom. The van der Waals surface area contributed by atoms with Gasteiger partial charge >= 0.3 is 0 Å². The predicted octanol–water partition coefficient (Wildman–Crippen LogP) is 4.40. The zero-order valence-corrected chi connectivity index (χ0v) is 15.1. The molecule has 2 heterocycles. The number of hydrogen-bond acceptors (Lipinski definition) is 4. The number of aryl methyl sites for hydroxylation is 1. The molecule has 5 nitrogen and oxygen atoms in total. The lowest BCUT2D eigenvalue weighted by Gasteiger charge is -2.20. The van der Waals surface area contributed by atoms with Gasteiger partial charge in [-0.3, -0.25) is 0 Å². The van der Waals surface area contributed by atoms with Gasteiger partial charge in [0.25, 0.3) is 0 Å². The van der Waals surface area contributed by atoms with Gasteiger partial charge in [0.15, 0.2) is 0 Å². The SMILES string of the molecule is Cc1c(C(NCc2cn(C(C)C)nn2)C(C)C)oc2ccccc12. The van der Waals surface area contributed by atoms with Crippen molar-refractivity contribution in [1.29, 1.82) is 0 Å². The van der Waals surface area contributed by atoms with Gasteiger partial charge in [-0.25, -0.2) is 4.68 Å². The number of nitrogens with zero attached hydrogens (tertiary/aromatic N) is 3. The molecule has 24 heavy (non-hydrogen) atoms. The maximum Gasteiger partial charge on any atom is 0.134 e. The highest BCUT2D eigenvalue weighted by Crippen LogP contribution is 2.32. The first-order valence-electron chi connectivity index (χ1n) is 8.59. The van der Waals surface area contributed by atoms with Gasteiger partial charge in [-0.2, -0.15) is 0 Å². The van der Waals surface area contributed by atoms with Crippen LogP contribution in [0.1, 0.15) is 56.8 Å². The van der Waals surface area contributed by atoms with Crippen molar-refractivity contribution in [2.45, 2.75) is 53.2 Å². The van der Waals surface area contributed by atoms with Crippen LogP contribution >= 0.6 is 0 Å². The normalized spacial score (nSPS) is 13.3. The molecule has 5 heteroatoms. The van der Waals surface area contributed by atoms with Crippen LogP contribution in [0.2, 0.25) is 0 Å². The number of nitrogens with one attached hydrogen (secondary N) is 1. The van der Waals surface area contributed by atoms with E-state index in [9.17, 15) is 0 Å². The molecule has 2 aromatic heterocycles. The van der Waals surface area contributed by atoms with Gasteiger partial charge in [-0.05, 0) is 38.3 Å². The molecule has 0 radical (unpaired) electrons. The molecule has 3 aromatic rings. The second-order valence-corrected chi connectivity index (χ2v) is 6.97. The first-order chi connectivity index (χ1) is 11.5. The van der Waals surface area contributed by atoms with Crippen molar-refractivity contribution >= 4 is 11.0 Å². The molecule has 1 unspecified atom stereocenters. The van der Waals surface area contributed by atoms with Gasteiger partial charge in [-0.15, -0.1) is 5.10 Å². The van der Waals surface area contributed by atoms with E-state index in [4.69, 9.17) is 4.42 Å². The topological polar surface area (TPSA) is 55.9 Å². The molecule has 0 aliphatic carbocycles. The van der Waals surface area contributed by atoms with Crippen LogP contribution in [-0.2, 0) is 6.54 Å². The Hall–Kier alpha value is -2.14. The molecular weight excluding hydrogens is 300 g/mol. The Morgan fingerprint density at radius 2 is 1.92 bits per heavy atom. The van der Waals surface area contributed by atoms with E-state index in [1.165, 1.54) is 10.9 Å². The highest BCUT2D eigenvalue weighted by Gasteiger charge is 2.23. The Kier molecular flexibility index (Phi) is 4.71. The Morgan fingerprint density at radius 1 is 1.17 bits per heavy atom. The maximum absolute atomic E-state index is 6.15. The van der Waals surface area contributed by atoms with Crippen LogP contribution in [0.4, 0.5) is 0 Å². The lowest BCUT2D eigenvalue weighted by atomic mass is 9.98. The minimum absolute atomic E-state index is 0.140. The van der Waals surface area contributed by atoms with E-state index in [-0.39, 0.29) is 6.04 Å². The number of aromatic nitrogens is 3. The van der Waals surface area contributed by atoms with E-state index in [1.54, 1.807) is 0 Å². The number of fused-ring (bicyclic) bond motifs is 1. The summed E-state index contributed by atoms with van der Waals surface area (Å²) in [5, 5.41) is 13.2. The predicted molar refractivity (Wildman–Crippen MR) is 95.8 cm³/mol. The molecule has 1 aromatic carbocycles. The molecule has 1 N–H and O–H groups in total. The van der Waals surface area contributed by atoms with Crippen molar-refractivity contribution in [3.8, 4) is 0 Å². The molecule has 0 spiro atoms. The van der Waals surface area contributed by atoms with Gasteiger partial charge in [-0.1, -0.05) is 37.3 Å². The van der Waals surface area contributed by atoms with E-state index in [1.807, 2.05) is 23.0 Å². The smallest absolute Gasteiger partial charge is 0.134 e. The summed E-state index contributed by atoms with van der Waals surface area (Å²) in [6.07, 6.45) is 2.00. The van der Waals surface area contributed by atoms with E-state index in [2.05, 4.69) is 62.4 Å². The third-order valence-corrected chi connectivity index (χ3v) is 4.42. The average molecular weight is 326 g/mol. The van der Waals surface area contributed by atoms with Crippen LogP contribution < -0.4 is 5.32 Å². The minimum atomic E-state index is 0.140. The number of benzene rings is 1. The summed E-state index contributed by atoms with van der Waals surface area (Å²) < 4.78 is 8.03. The maximum atomic E-state index is 6.15. The lowest BCUT2D eigenvalue weighted by molar-refractivity contribution is 0.346. The fraction of sp³-hybridized carbons (Fsp3) is 0.474. The average Bonchev–Trinajstić information content (AvgIpc) is 3.14. The number of furan rings is 1. The Labute approximate surface area is 143 Å². The van der Waals surface area contributed by atoms with Crippen molar-refractivity contribution in [3.05, 3.63) is 47.5 Å². The van der Waals surface area contributed by atoms with Crippen LogP contribution in [0.25, 0.3) is 11.0 Å². The van der Waals surface area contributed by atoms with Crippen LogP contribution in [0.5, 0.6) is 0 Å². The molecule has 0 aliphatic heterocycles. The minimum Gasteiger partial charge on any atom is -0.459 e. The molecule has 1 atom stereocenters. The zero-order valence-electron chi connectivity index (χ0n) is 15.1. The van der Waals surface area contributed by atoms with Crippen LogP contribution in [0.3, 0.4) is 0 Å². The lowest BCUT2D eigenvalue weighted by Crippen LogP contribution is -2.25. The molecule has 0 amide bonds. The van der Waals surface area contributed by atoms with E-state index in [0.717, 1.165) is 17.0 Å².